The molecular weight excluding hydrogens is 314 g/mol. The molecule has 0 saturated carbocycles. The molecule has 0 aliphatic heterocycles. The highest BCUT2D eigenvalue weighted by molar-refractivity contribution is 9.10. The van der Waals surface area contributed by atoms with Gasteiger partial charge in [-0.2, -0.15) is 0 Å². The van der Waals surface area contributed by atoms with Gasteiger partial charge < -0.3 is 9.88 Å². The van der Waals surface area contributed by atoms with Gasteiger partial charge in [-0.05, 0) is 49.9 Å². The quantitative estimate of drug-likeness (QED) is 0.854. The fourth-order valence-corrected chi connectivity index (χ4v) is 3.09. The van der Waals surface area contributed by atoms with Gasteiger partial charge in [0.25, 0.3) is 0 Å². The van der Waals surface area contributed by atoms with Crippen molar-refractivity contribution in [2.24, 2.45) is 5.92 Å². The number of nitrogens with one attached hydrogen (secondary N) is 1. The molecule has 20 heavy (non-hydrogen) atoms. The molecule has 0 aliphatic carbocycles. The predicted octanol–water partition coefficient (Wildman–Crippen LogP) is 4.97. The third-order valence-electron chi connectivity index (χ3n) is 3.19. The number of benzene rings is 1. The summed E-state index contributed by atoms with van der Waals surface area (Å²) in [5, 5.41) is 3.49. The van der Waals surface area contributed by atoms with Crippen LogP contribution in [0.1, 0.15) is 30.7 Å². The number of hydrogen-bond donors (Lipinski definition) is 1. The zero-order valence-corrected chi connectivity index (χ0v) is 14.4. The lowest BCUT2D eigenvalue weighted by Gasteiger charge is -2.15. The van der Waals surface area contributed by atoms with Crippen LogP contribution in [0, 0.1) is 26.7 Å². The largest absolute Gasteiger partial charge is 0.325 e. The summed E-state index contributed by atoms with van der Waals surface area (Å²) in [4.78, 5) is 4.60. The van der Waals surface area contributed by atoms with Gasteiger partial charge >= 0.3 is 0 Å². The Morgan fingerprint density at radius 3 is 2.35 bits per heavy atom. The van der Waals surface area contributed by atoms with Crippen LogP contribution >= 0.6 is 15.9 Å². The summed E-state index contributed by atoms with van der Waals surface area (Å²) in [5.74, 6) is 1.51. The maximum absolute atomic E-state index is 4.60. The maximum atomic E-state index is 4.60. The molecule has 0 unspecified atom stereocenters. The first-order valence-electron chi connectivity index (χ1n) is 6.94. The maximum Gasteiger partial charge on any atom is 0.207 e. The van der Waals surface area contributed by atoms with Gasteiger partial charge in [0.15, 0.2) is 0 Å². The van der Waals surface area contributed by atoms with E-state index in [4.69, 9.17) is 0 Å². The molecule has 1 aromatic heterocycles. The van der Waals surface area contributed by atoms with E-state index in [2.05, 4.69) is 76.8 Å². The number of imidazole rings is 1. The first-order valence-corrected chi connectivity index (χ1v) is 7.73. The van der Waals surface area contributed by atoms with Crippen molar-refractivity contribution >= 4 is 27.6 Å². The van der Waals surface area contributed by atoms with Crippen LogP contribution in [0.5, 0.6) is 0 Å². The number of aryl methyl sites for hydroxylation is 3. The van der Waals surface area contributed by atoms with Gasteiger partial charge in [0, 0.05) is 22.9 Å². The van der Waals surface area contributed by atoms with Gasteiger partial charge in [-0.25, -0.2) is 4.98 Å². The Labute approximate surface area is 129 Å². The van der Waals surface area contributed by atoms with Crippen LogP contribution in [0.4, 0.5) is 11.6 Å². The number of rotatable bonds is 4. The second-order valence-corrected chi connectivity index (χ2v) is 6.71. The predicted molar refractivity (Wildman–Crippen MR) is 88.7 cm³/mol. The average Bonchev–Trinajstić information content (AvgIpc) is 2.63. The Morgan fingerprint density at radius 2 is 1.80 bits per heavy atom. The fourth-order valence-electron chi connectivity index (χ4n) is 2.40. The average molecular weight is 336 g/mol. The summed E-state index contributed by atoms with van der Waals surface area (Å²) in [5.41, 5.74) is 4.62. The molecule has 1 aromatic carbocycles. The van der Waals surface area contributed by atoms with Crippen molar-refractivity contribution in [3.05, 3.63) is 39.6 Å². The zero-order chi connectivity index (χ0) is 14.9. The van der Waals surface area contributed by atoms with Crippen LogP contribution in [-0.2, 0) is 6.54 Å². The summed E-state index contributed by atoms with van der Waals surface area (Å²) in [6.07, 6.45) is 2.10. The minimum atomic E-state index is 0.594. The Hall–Kier alpha value is -1.29. The molecule has 0 saturated heterocycles. The van der Waals surface area contributed by atoms with Crippen molar-refractivity contribution in [1.29, 1.82) is 0 Å². The van der Waals surface area contributed by atoms with E-state index in [-0.39, 0.29) is 0 Å². The van der Waals surface area contributed by atoms with Crippen LogP contribution < -0.4 is 5.32 Å². The van der Waals surface area contributed by atoms with Gasteiger partial charge in [0.1, 0.15) is 0 Å². The normalized spacial score (nSPS) is 11.2. The van der Waals surface area contributed by atoms with Crippen LogP contribution in [-0.4, -0.2) is 9.55 Å². The number of hydrogen-bond acceptors (Lipinski definition) is 2. The summed E-state index contributed by atoms with van der Waals surface area (Å²) in [7, 11) is 0. The van der Waals surface area contributed by atoms with E-state index in [1.165, 1.54) is 11.1 Å². The number of nitrogens with zero attached hydrogens (tertiary/aromatic N) is 2. The molecule has 0 spiro atoms. The minimum absolute atomic E-state index is 0.594. The highest BCUT2D eigenvalue weighted by atomic mass is 79.9. The Bertz CT molecular complexity index is 591. The van der Waals surface area contributed by atoms with Gasteiger partial charge in [0.05, 0.1) is 5.69 Å². The molecule has 2 aromatic rings. The Morgan fingerprint density at radius 1 is 1.20 bits per heavy atom. The van der Waals surface area contributed by atoms with Gasteiger partial charge in [-0.1, -0.05) is 29.8 Å². The van der Waals surface area contributed by atoms with E-state index in [0.717, 1.165) is 28.3 Å². The molecule has 0 amide bonds. The third-order valence-corrected chi connectivity index (χ3v) is 3.65. The fraction of sp³-hybridized carbons (Fsp3) is 0.438. The van der Waals surface area contributed by atoms with Gasteiger partial charge in [0.2, 0.25) is 5.95 Å². The van der Waals surface area contributed by atoms with E-state index >= 15 is 0 Å². The van der Waals surface area contributed by atoms with Crippen LogP contribution in [0.3, 0.4) is 0 Å². The Kier molecular flexibility index (Phi) is 4.53. The zero-order valence-electron chi connectivity index (χ0n) is 12.8. The van der Waals surface area contributed by atoms with E-state index in [0.29, 0.717) is 5.92 Å². The molecular formula is C16H22BrN3. The van der Waals surface area contributed by atoms with Gasteiger partial charge in [-0.3, -0.25) is 0 Å². The number of anilines is 2. The first-order chi connectivity index (χ1) is 9.36. The second kappa shape index (κ2) is 6.00. The first kappa shape index (κ1) is 15.1. The minimum Gasteiger partial charge on any atom is -0.325 e. The Balaban J connectivity index is 2.35. The van der Waals surface area contributed by atoms with E-state index in [1.807, 2.05) is 6.92 Å². The molecule has 108 valence electrons. The highest BCUT2D eigenvalue weighted by Gasteiger charge is 2.11. The molecule has 0 bridgehead atoms. The summed E-state index contributed by atoms with van der Waals surface area (Å²) < 4.78 is 3.31. The van der Waals surface area contributed by atoms with Crippen LogP contribution in [0.25, 0.3) is 0 Å². The van der Waals surface area contributed by atoms with Crippen molar-refractivity contribution < 1.29 is 0 Å². The lowest BCUT2D eigenvalue weighted by Crippen LogP contribution is -2.08. The molecule has 0 atom stereocenters. The summed E-state index contributed by atoms with van der Waals surface area (Å²) >= 11 is 3.54. The molecule has 4 heteroatoms. The van der Waals surface area contributed by atoms with Crippen molar-refractivity contribution in [3.8, 4) is 0 Å². The smallest absolute Gasteiger partial charge is 0.207 e. The SMILES string of the molecule is Cc1cn(CC(C)C)c(Nc2c(C)cc(Br)cc2C)n1. The highest BCUT2D eigenvalue weighted by Crippen LogP contribution is 2.28. The second-order valence-electron chi connectivity index (χ2n) is 5.79. The van der Waals surface area contributed by atoms with Crippen molar-refractivity contribution in [1.82, 2.24) is 9.55 Å². The third kappa shape index (κ3) is 3.42. The topological polar surface area (TPSA) is 29.9 Å². The molecule has 0 aliphatic rings. The molecule has 2 rings (SSSR count). The number of aromatic nitrogens is 2. The van der Waals surface area contributed by atoms with E-state index in [1.54, 1.807) is 0 Å². The summed E-state index contributed by atoms with van der Waals surface area (Å²) in [6.45, 7) is 11.7. The van der Waals surface area contributed by atoms with Crippen molar-refractivity contribution in [2.75, 3.05) is 5.32 Å². The lowest BCUT2D eigenvalue weighted by atomic mass is 10.1. The van der Waals surface area contributed by atoms with Crippen molar-refractivity contribution in [3.63, 3.8) is 0 Å². The molecule has 1 heterocycles. The standard InChI is InChI=1S/C16H22BrN3/c1-10(2)8-20-9-13(5)18-16(20)19-15-11(3)6-14(17)7-12(15)4/h6-7,9-10H,8H2,1-5H3,(H,18,19). The monoisotopic (exact) mass is 335 g/mol. The van der Waals surface area contributed by atoms with E-state index in [9.17, 15) is 0 Å². The molecule has 3 nitrogen and oxygen atoms in total. The number of halogens is 1. The van der Waals surface area contributed by atoms with Crippen LogP contribution in [0.15, 0.2) is 22.8 Å². The molecule has 0 fully saturated rings. The summed E-state index contributed by atoms with van der Waals surface area (Å²) in [6, 6.07) is 4.25. The van der Waals surface area contributed by atoms with Crippen molar-refractivity contribution in [2.45, 2.75) is 41.2 Å². The molecule has 1 N–H and O–H groups in total. The molecule has 0 radical (unpaired) electrons. The van der Waals surface area contributed by atoms with Gasteiger partial charge in [-0.15, -0.1) is 0 Å². The lowest BCUT2D eigenvalue weighted by molar-refractivity contribution is 0.527. The van der Waals surface area contributed by atoms with Crippen LogP contribution in [0.2, 0.25) is 0 Å². The van der Waals surface area contributed by atoms with E-state index < -0.39 is 0 Å².